The summed E-state index contributed by atoms with van der Waals surface area (Å²) in [4.78, 5) is 25.0. The lowest BCUT2D eigenvalue weighted by Crippen LogP contribution is -2.38. The first-order valence-corrected chi connectivity index (χ1v) is 10.1. The lowest BCUT2D eigenvalue weighted by atomic mass is 9.89. The van der Waals surface area contributed by atoms with Crippen LogP contribution in [-0.2, 0) is 9.53 Å². The zero-order valence-electron chi connectivity index (χ0n) is 16.9. The summed E-state index contributed by atoms with van der Waals surface area (Å²) in [6.07, 6.45) is 5.23. The predicted molar refractivity (Wildman–Crippen MR) is 108 cm³/mol. The van der Waals surface area contributed by atoms with Gasteiger partial charge in [-0.2, -0.15) is 5.10 Å². The third kappa shape index (κ3) is 4.61. The molecule has 1 aromatic heterocycles. The third-order valence-electron chi connectivity index (χ3n) is 5.44. The molecule has 1 heterocycles. The van der Waals surface area contributed by atoms with Gasteiger partial charge in [0.05, 0.1) is 17.1 Å². The van der Waals surface area contributed by atoms with Gasteiger partial charge in [-0.25, -0.2) is 9.48 Å². The predicted octanol–water partition coefficient (Wildman–Crippen LogP) is 3.73. The molecule has 3 rings (SSSR count). The maximum atomic E-state index is 12.7. The molecule has 0 aliphatic heterocycles. The maximum Gasteiger partial charge on any atom is 0.342 e. The molecular formula is C22H29N3O3. The van der Waals surface area contributed by atoms with Crippen molar-refractivity contribution in [2.24, 2.45) is 5.92 Å². The van der Waals surface area contributed by atoms with E-state index < -0.39 is 12.1 Å². The molecule has 1 unspecified atom stereocenters. The van der Waals surface area contributed by atoms with Crippen molar-refractivity contribution in [2.45, 2.75) is 59.0 Å². The van der Waals surface area contributed by atoms with Gasteiger partial charge in [-0.05, 0) is 51.7 Å². The van der Waals surface area contributed by atoms with Gasteiger partial charge in [0.2, 0.25) is 0 Å². The van der Waals surface area contributed by atoms with Crippen molar-refractivity contribution in [3.05, 3.63) is 47.3 Å². The second-order valence-electron chi connectivity index (χ2n) is 7.59. The van der Waals surface area contributed by atoms with Gasteiger partial charge in [0.25, 0.3) is 5.91 Å². The topological polar surface area (TPSA) is 73.2 Å². The minimum absolute atomic E-state index is 0.246. The highest BCUT2D eigenvalue weighted by atomic mass is 16.5. The molecule has 1 aliphatic carbocycles. The number of nitrogens with zero attached hydrogens (tertiary/aromatic N) is 2. The molecule has 1 aromatic carbocycles. The average molecular weight is 383 g/mol. The summed E-state index contributed by atoms with van der Waals surface area (Å²) >= 11 is 0. The molecule has 0 bridgehead atoms. The Morgan fingerprint density at radius 2 is 1.86 bits per heavy atom. The fourth-order valence-electron chi connectivity index (χ4n) is 3.81. The van der Waals surface area contributed by atoms with Crippen molar-refractivity contribution in [1.82, 2.24) is 15.1 Å². The molecule has 0 radical (unpaired) electrons. The van der Waals surface area contributed by atoms with E-state index in [-0.39, 0.29) is 5.91 Å². The van der Waals surface area contributed by atoms with Gasteiger partial charge in [-0.1, -0.05) is 37.5 Å². The monoisotopic (exact) mass is 383 g/mol. The highest BCUT2D eigenvalue weighted by Crippen LogP contribution is 2.23. The van der Waals surface area contributed by atoms with Crippen LogP contribution in [0.5, 0.6) is 0 Å². The maximum absolute atomic E-state index is 12.7. The van der Waals surface area contributed by atoms with E-state index >= 15 is 0 Å². The van der Waals surface area contributed by atoms with Gasteiger partial charge in [0.1, 0.15) is 5.56 Å². The highest BCUT2D eigenvalue weighted by molar-refractivity contribution is 5.94. The summed E-state index contributed by atoms with van der Waals surface area (Å²) in [6.45, 7) is 5.87. The molecule has 1 saturated carbocycles. The van der Waals surface area contributed by atoms with E-state index in [4.69, 9.17) is 4.74 Å². The second-order valence-corrected chi connectivity index (χ2v) is 7.59. The van der Waals surface area contributed by atoms with Gasteiger partial charge in [0, 0.05) is 6.54 Å². The Morgan fingerprint density at radius 1 is 1.18 bits per heavy atom. The van der Waals surface area contributed by atoms with Crippen LogP contribution in [0.4, 0.5) is 0 Å². The minimum atomic E-state index is -0.838. The quantitative estimate of drug-likeness (QED) is 0.772. The molecule has 1 aliphatic rings. The SMILES string of the molecule is Cc1nn(-c2ccccc2)c(C)c1C(=O)OC(C)C(=O)NCC1CCCCC1. The highest BCUT2D eigenvalue weighted by Gasteiger charge is 2.25. The van der Waals surface area contributed by atoms with E-state index in [1.165, 1.54) is 19.3 Å². The number of benzene rings is 1. The van der Waals surface area contributed by atoms with Crippen LogP contribution in [0.15, 0.2) is 30.3 Å². The number of aryl methyl sites for hydroxylation is 1. The van der Waals surface area contributed by atoms with Crippen LogP contribution in [0.3, 0.4) is 0 Å². The number of rotatable bonds is 6. The number of nitrogens with one attached hydrogen (secondary N) is 1. The summed E-state index contributed by atoms with van der Waals surface area (Å²) in [6, 6.07) is 9.62. The molecule has 1 atom stereocenters. The standard InChI is InChI=1S/C22H29N3O3/c1-15-20(16(2)25(24-15)19-12-8-5-9-13-19)22(27)28-17(3)21(26)23-14-18-10-6-4-7-11-18/h5,8-9,12-13,17-18H,4,6-7,10-11,14H2,1-3H3,(H,23,26). The first-order chi connectivity index (χ1) is 13.5. The number of aromatic nitrogens is 2. The Balaban J connectivity index is 1.62. The van der Waals surface area contributed by atoms with Crippen molar-refractivity contribution < 1.29 is 14.3 Å². The minimum Gasteiger partial charge on any atom is -0.449 e. The Hall–Kier alpha value is -2.63. The second kappa shape index (κ2) is 9.04. The van der Waals surface area contributed by atoms with E-state index in [1.807, 2.05) is 37.3 Å². The van der Waals surface area contributed by atoms with Crippen molar-refractivity contribution in [3.8, 4) is 5.69 Å². The average Bonchev–Trinajstić information content (AvgIpc) is 3.01. The van der Waals surface area contributed by atoms with E-state index in [0.717, 1.165) is 18.5 Å². The summed E-state index contributed by atoms with van der Waals surface area (Å²) in [7, 11) is 0. The van der Waals surface area contributed by atoms with Gasteiger partial charge in [-0.15, -0.1) is 0 Å². The molecule has 6 heteroatoms. The molecule has 1 fully saturated rings. The van der Waals surface area contributed by atoms with Crippen LogP contribution in [-0.4, -0.2) is 34.3 Å². The molecule has 0 spiro atoms. The molecule has 0 saturated heterocycles. The zero-order chi connectivity index (χ0) is 20.1. The summed E-state index contributed by atoms with van der Waals surface area (Å²) < 4.78 is 7.17. The summed E-state index contributed by atoms with van der Waals surface area (Å²) in [5.41, 5.74) is 2.57. The van der Waals surface area contributed by atoms with E-state index in [0.29, 0.717) is 29.4 Å². The first kappa shape index (κ1) is 20.1. The molecular weight excluding hydrogens is 354 g/mol. The van der Waals surface area contributed by atoms with Gasteiger partial charge in [-0.3, -0.25) is 4.79 Å². The van der Waals surface area contributed by atoms with Crippen LogP contribution in [0.2, 0.25) is 0 Å². The molecule has 1 N–H and O–H groups in total. The first-order valence-electron chi connectivity index (χ1n) is 10.1. The Kier molecular flexibility index (Phi) is 6.49. The summed E-state index contributed by atoms with van der Waals surface area (Å²) in [5.74, 6) is -0.226. The Morgan fingerprint density at radius 3 is 2.54 bits per heavy atom. The van der Waals surface area contributed by atoms with Crippen LogP contribution in [0.1, 0.15) is 60.8 Å². The fourth-order valence-corrected chi connectivity index (χ4v) is 3.81. The van der Waals surface area contributed by atoms with Crippen LogP contribution < -0.4 is 5.32 Å². The third-order valence-corrected chi connectivity index (χ3v) is 5.44. The van der Waals surface area contributed by atoms with E-state index in [1.54, 1.807) is 18.5 Å². The number of ether oxygens (including phenoxy) is 1. The number of para-hydroxylation sites is 1. The molecule has 2 aromatic rings. The van der Waals surface area contributed by atoms with Crippen LogP contribution in [0.25, 0.3) is 5.69 Å². The van der Waals surface area contributed by atoms with Crippen LogP contribution >= 0.6 is 0 Å². The number of carbonyl (C=O) groups is 2. The fraction of sp³-hybridized carbons (Fsp3) is 0.500. The van der Waals surface area contributed by atoms with Crippen molar-refractivity contribution >= 4 is 11.9 Å². The molecule has 6 nitrogen and oxygen atoms in total. The molecule has 28 heavy (non-hydrogen) atoms. The lowest BCUT2D eigenvalue weighted by Gasteiger charge is -2.22. The lowest BCUT2D eigenvalue weighted by molar-refractivity contribution is -0.129. The summed E-state index contributed by atoms with van der Waals surface area (Å²) in [5, 5.41) is 7.40. The van der Waals surface area contributed by atoms with E-state index in [2.05, 4.69) is 10.4 Å². The number of hydrogen-bond acceptors (Lipinski definition) is 4. The van der Waals surface area contributed by atoms with Crippen molar-refractivity contribution in [1.29, 1.82) is 0 Å². The number of amides is 1. The Labute approximate surface area is 166 Å². The van der Waals surface area contributed by atoms with E-state index in [9.17, 15) is 9.59 Å². The van der Waals surface area contributed by atoms with Gasteiger partial charge < -0.3 is 10.1 Å². The number of esters is 1. The smallest absolute Gasteiger partial charge is 0.342 e. The van der Waals surface area contributed by atoms with Crippen LogP contribution in [0, 0.1) is 19.8 Å². The Bertz CT molecular complexity index is 823. The zero-order valence-corrected chi connectivity index (χ0v) is 16.9. The van der Waals surface area contributed by atoms with Crippen molar-refractivity contribution in [3.63, 3.8) is 0 Å². The number of hydrogen-bond donors (Lipinski definition) is 1. The van der Waals surface area contributed by atoms with Crippen molar-refractivity contribution in [2.75, 3.05) is 6.54 Å². The normalized spacial score (nSPS) is 15.8. The van der Waals surface area contributed by atoms with Gasteiger partial charge >= 0.3 is 5.97 Å². The van der Waals surface area contributed by atoms with Gasteiger partial charge in [0.15, 0.2) is 6.10 Å². The number of carbonyl (C=O) groups excluding carboxylic acids is 2. The molecule has 1 amide bonds. The molecule has 150 valence electrons. The largest absolute Gasteiger partial charge is 0.449 e.